The first-order chi connectivity index (χ1) is 7.64. The molecule has 0 aliphatic carbocycles. The third-order valence-corrected chi connectivity index (χ3v) is 2.75. The summed E-state index contributed by atoms with van der Waals surface area (Å²) in [6.07, 6.45) is 3.47. The SMILES string of the molecule is CC1(C)OCC(CCCCOCC#CI)O1. The van der Waals surface area contributed by atoms with Gasteiger partial charge in [0.05, 0.1) is 12.7 Å². The summed E-state index contributed by atoms with van der Waals surface area (Å²) < 4.78 is 19.3. The predicted octanol–water partition coefficient (Wildman–Crippen LogP) is 2.72. The second-order valence-corrected chi connectivity index (χ2v) is 4.81. The Balaban J connectivity index is 1.93. The Bertz CT molecular complexity index is 255. The Hall–Kier alpha value is 0.170. The Morgan fingerprint density at radius 3 is 2.88 bits per heavy atom. The average Bonchev–Trinajstić information content (AvgIpc) is 2.57. The molecular weight excluding hydrogens is 319 g/mol. The Morgan fingerprint density at radius 2 is 2.25 bits per heavy atom. The van der Waals surface area contributed by atoms with Crippen LogP contribution in [0.2, 0.25) is 0 Å². The van der Waals surface area contributed by atoms with Gasteiger partial charge in [-0.2, -0.15) is 0 Å². The van der Waals surface area contributed by atoms with Gasteiger partial charge in [0.25, 0.3) is 0 Å². The van der Waals surface area contributed by atoms with E-state index in [0.717, 1.165) is 25.9 Å². The summed E-state index contributed by atoms with van der Waals surface area (Å²) in [6, 6.07) is 0. The Kier molecular flexibility index (Phi) is 6.66. The fourth-order valence-corrected chi connectivity index (χ4v) is 1.79. The number of hydrogen-bond acceptors (Lipinski definition) is 3. The molecule has 1 fully saturated rings. The molecule has 0 saturated carbocycles. The van der Waals surface area contributed by atoms with E-state index >= 15 is 0 Å². The highest BCUT2D eigenvalue weighted by Gasteiger charge is 2.31. The lowest BCUT2D eigenvalue weighted by atomic mass is 10.2. The lowest BCUT2D eigenvalue weighted by Gasteiger charge is -2.16. The zero-order valence-electron chi connectivity index (χ0n) is 9.92. The predicted molar refractivity (Wildman–Crippen MR) is 71.4 cm³/mol. The highest BCUT2D eigenvalue weighted by atomic mass is 127. The van der Waals surface area contributed by atoms with Crippen LogP contribution < -0.4 is 0 Å². The van der Waals surface area contributed by atoms with Gasteiger partial charge in [-0.15, -0.1) is 0 Å². The molecular formula is C12H19IO3. The number of halogens is 1. The van der Waals surface area contributed by atoms with E-state index in [-0.39, 0.29) is 6.10 Å². The first kappa shape index (κ1) is 14.2. The minimum absolute atomic E-state index is 0.254. The molecule has 0 aromatic rings. The molecule has 1 aliphatic rings. The first-order valence-corrected chi connectivity index (χ1v) is 6.70. The molecule has 0 spiro atoms. The summed E-state index contributed by atoms with van der Waals surface area (Å²) in [5.74, 6) is 2.47. The Labute approximate surface area is 111 Å². The topological polar surface area (TPSA) is 27.7 Å². The minimum Gasteiger partial charge on any atom is -0.369 e. The van der Waals surface area contributed by atoms with E-state index in [0.29, 0.717) is 13.2 Å². The van der Waals surface area contributed by atoms with Gasteiger partial charge in [-0.1, -0.05) is 5.92 Å². The van der Waals surface area contributed by atoms with Crippen LogP contribution in [0.4, 0.5) is 0 Å². The van der Waals surface area contributed by atoms with Gasteiger partial charge < -0.3 is 14.2 Å². The summed E-state index contributed by atoms with van der Waals surface area (Å²) in [5, 5.41) is 0. The Morgan fingerprint density at radius 1 is 1.44 bits per heavy atom. The fourth-order valence-electron chi connectivity index (χ4n) is 1.63. The number of unbranched alkanes of at least 4 members (excludes halogenated alkanes) is 1. The normalized spacial score (nSPS) is 22.8. The summed E-state index contributed by atoms with van der Waals surface area (Å²) >= 11 is 2.01. The molecule has 92 valence electrons. The fraction of sp³-hybridized carbons (Fsp3) is 0.833. The summed E-state index contributed by atoms with van der Waals surface area (Å²) in [5.41, 5.74) is 0. The van der Waals surface area contributed by atoms with Gasteiger partial charge in [0.15, 0.2) is 5.79 Å². The third kappa shape index (κ3) is 6.04. The molecule has 1 aliphatic heterocycles. The first-order valence-electron chi connectivity index (χ1n) is 5.62. The number of rotatable bonds is 6. The monoisotopic (exact) mass is 338 g/mol. The number of ether oxygens (including phenoxy) is 3. The van der Waals surface area contributed by atoms with Gasteiger partial charge in [-0.05, 0) is 37.0 Å². The van der Waals surface area contributed by atoms with E-state index < -0.39 is 5.79 Å². The van der Waals surface area contributed by atoms with Crippen LogP contribution >= 0.6 is 22.6 Å². The van der Waals surface area contributed by atoms with E-state index in [2.05, 4.69) is 9.85 Å². The second kappa shape index (κ2) is 7.49. The van der Waals surface area contributed by atoms with Crippen molar-refractivity contribution in [3.63, 3.8) is 0 Å². The maximum absolute atomic E-state index is 5.71. The maximum Gasteiger partial charge on any atom is 0.163 e. The third-order valence-electron chi connectivity index (χ3n) is 2.37. The smallest absolute Gasteiger partial charge is 0.163 e. The van der Waals surface area contributed by atoms with Crippen LogP contribution in [-0.4, -0.2) is 31.7 Å². The molecule has 0 radical (unpaired) electrons. The van der Waals surface area contributed by atoms with Crippen molar-refractivity contribution < 1.29 is 14.2 Å². The van der Waals surface area contributed by atoms with Crippen LogP contribution in [0.15, 0.2) is 0 Å². The van der Waals surface area contributed by atoms with Crippen LogP contribution in [-0.2, 0) is 14.2 Å². The molecule has 1 saturated heterocycles. The number of hydrogen-bond donors (Lipinski definition) is 0. The quantitative estimate of drug-likeness (QED) is 0.423. The molecule has 0 amide bonds. The van der Waals surface area contributed by atoms with Crippen molar-refractivity contribution in [2.75, 3.05) is 19.8 Å². The zero-order chi connectivity index (χ0) is 11.9. The van der Waals surface area contributed by atoms with Gasteiger partial charge in [-0.25, -0.2) is 0 Å². The molecule has 0 aromatic heterocycles. The maximum atomic E-state index is 5.71. The van der Waals surface area contributed by atoms with Crippen LogP contribution in [0, 0.1) is 9.85 Å². The van der Waals surface area contributed by atoms with E-state index in [1.54, 1.807) is 0 Å². The highest BCUT2D eigenvalue weighted by Crippen LogP contribution is 2.24. The van der Waals surface area contributed by atoms with Gasteiger partial charge in [0.1, 0.15) is 6.61 Å². The molecule has 1 heterocycles. The van der Waals surface area contributed by atoms with E-state index in [1.165, 1.54) is 0 Å². The van der Waals surface area contributed by atoms with Crippen molar-refractivity contribution in [1.82, 2.24) is 0 Å². The largest absolute Gasteiger partial charge is 0.369 e. The van der Waals surface area contributed by atoms with Crippen molar-refractivity contribution in [3.8, 4) is 9.85 Å². The van der Waals surface area contributed by atoms with Gasteiger partial charge in [0, 0.05) is 29.2 Å². The molecule has 1 atom stereocenters. The van der Waals surface area contributed by atoms with Crippen LogP contribution in [0.3, 0.4) is 0 Å². The second-order valence-electron chi connectivity index (χ2n) is 4.27. The highest BCUT2D eigenvalue weighted by molar-refractivity contribution is 14.1. The molecule has 3 nitrogen and oxygen atoms in total. The summed E-state index contributed by atoms with van der Waals surface area (Å²) in [7, 11) is 0. The standard InChI is InChI=1S/C12H19IO3/c1-12(2)15-10-11(16-12)6-3-4-8-14-9-5-7-13/h11H,3-4,6,8-10H2,1-2H3. The van der Waals surface area contributed by atoms with E-state index in [9.17, 15) is 0 Å². The average molecular weight is 338 g/mol. The van der Waals surface area contributed by atoms with Gasteiger partial charge in [-0.3, -0.25) is 0 Å². The van der Waals surface area contributed by atoms with Crippen molar-refractivity contribution >= 4 is 22.6 Å². The molecule has 0 bridgehead atoms. The summed E-state index contributed by atoms with van der Waals surface area (Å²) in [6.45, 7) is 5.95. The van der Waals surface area contributed by atoms with Crippen molar-refractivity contribution in [2.24, 2.45) is 0 Å². The van der Waals surface area contributed by atoms with Crippen molar-refractivity contribution in [3.05, 3.63) is 0 Å². The van der Waals surface area contributed by atoms with E-state index in [4.69, 9.17) is 14.2 Å². The molecule has 0 aromatic carbocycles. The van der Waals surface area contributed by atoms with E-state index in [1.807, 2.05) is 36.4 Å². The van der Waals surface area contributed by atoms with Crippen LogP contribution in [0.1, 0.15) is 33.1 Å². The lowest BCUT2D eigenvalue weighted by Crippen LogP contribution is -2.21. The van der Waals surface area contributed by atoms with Crippen LogP contribution in [0.5, 0.6) is 0 Å². The van der Waals surface area contributed by atoms with Crippen molar-refractivity contribution in [1.29, 1.82) is 0 Å². The van der Waals surface area contributed by atoms with Crippen molar-refractivity contribution in [2.45, 2.75) is 45.0 Å². The zero-order valence-corrected chi connectivity index (χ0v) is 12.1. The van der Waals surface area contributed by atoms with Gasteiger partial charge in [0.2, 0.25) is 0 Å². The lowest BCUT2D eigenvalue weighted by molar-refractivity contribution is -0.139. The molecule has 4 heteroatoms. The minimum atomic E-state index is -0.392. The van der Waals surface area contributed by atoms with Gasteiger partial charge >= 0.3 is 0 Å². The molecule has 16 heavy (non-hydrogen) atoms. The summed E-state index contributed by atoms with van der Waals surface area (Å²) in [4.78, 5) is 0. The molecule has 1 unspecified atom stereocenters. The van der Waals surface area contributed by atoms with Crippen LogP contribution in [0.25, 0.3) is 0 Å². The molecule has 1 rings (SSSR count). The molecule has 0 N–H and O–H groups in total.